The van der Waals surface area contributed by atoms with Gasteiger partial charge in [0.25, 0.3) is 0 Å². The zero-order chi connectivity index (χ0) is 14.8. The molecular weight excluding hydrogens is 274 g/mol. The normalized spacial score (nSPS) is 11.0. The Morgan fingerprint density at radius 3 is 2.86 bits per heavy atom. The summed E-state index contributed by atoms with van der Waals surface area (Å²) in [5.41, 5.74) is 0.922. The summed E-state index contributed by atoms with van der Waals surface area (Å²) in [7, 11) is 1.88. The molecule has 0 saturated carbocycles. The van der Waals surface area contributed by atoms with E-state index in [1.54, 1.807) is 16.9 Å². The predicted octanol–water partition coefficient (Wildman–Crippen LogP) is 2.85. The van der Waals surface area contributed by atoms with Gasteiger partial charge >= 0.3 is 0 Å². The van der Waals surface area contributed by atoms with E-state index in [-0.39, 0.29) is 5.52 Å². The summed E-state index contributed by atoms with van der Waals surface area (Å²) in [6, 6.07) is 5.77. The number of aromatic nitrogens is 3. The summed E-state index contributed by atoms with van der Waals surface area (Å²) in [6.45, 7) is 1.35. The van der Waals surface area contributed by atoms with E-state index in [1.165, 1.54) is 12.3 Å². The molecule has 0 radical (unpaired) electrons. The van der Waals surface area contributed by atoms with Gasteiger partial charge in [0.2, 0.25) is 0 Å². The van der Waals surface area contributed by atoms with Crippen molar-refractivity contribution in [3.63, 3.8) is 0 Å². The van der Waals surface area contributed by atoms with Gasteiger partial charge in [-0.15, -0.1) is 0 Å². The molecule has 0 N–H and O–H groups in total. The van der Waals surface area contributed by atoms with Crippen LogP contribution in [-0.2, 0) is 6.54 Å². The summed E-state index contributed by atoms with van der Waals surface area (Å²) >= 11 is 0. The minimum atomic E-state index is -0.646. The van der Waals surface area contributed by atoms with Crippen LogP contribution in [0.1, 0.15) is 0 Å². The van der Waals surface area contributed by atoms with E-state index in [4.69, 9.17) is 0 Å². The highest BCUT2D eigenvalue weighted by Crippen LogP contribution is 2.27. The monoisotopic (exact) mass is 288 g/mol. The van der Waals surface area contributed by atoms with Gasteiger partial charge in [-0.3, -0.25) is 9.67 Å². The number of anilines is 1. The minimum Gasteiger partial charge on any atom is -0.372 e. The highest BCUT2D eigenvalue weighted by atomic mass is 19.1. The lowest BCUT2D eigenvalue weighted by atomic mass is 10.1. The number of rotatable bonds is 4. The third kappa shape index (κ3) is 2.69. The molecule has 3 aromatic rings. The molecule has 0 bridgehead atoms. The summed E-state index contributed by atoms with van der Waals surface area (Å²) in [6.07, 6.45) is 5.12. The van der Waals surface area contributed by atoms with Crippen molar-refractivity contribution >= 4 is 16.6 Å². The largest absolute Gasteiger partial charge is 0.372 e. The van der Waals surface area contributed by atoms with Crippen molar-refractivity contribution in [3.05, 3.63) is 54.5 Å². The molecule has 0 aliphatic heterocycles. The van der Waals surface area contributed by atoms with Crippen molar-refractivity contribution < 1.29 is 8.78 Å². The second-order valence-corrected chi connectivity index (χ2v) is 4.80. The van der Waals surface area contributed by atoms with E-state index in [1.807, 2.05) is 24.2 Å². The highest BCUT2D eigenvalue weighted by Gasteiger charge is 2.11. The van der Waals surface area contributed by atoms with Crippen molar-refractivity contribution in [2.75, 3.05) is 18.5 Å². The van der Waals surface area contributed by atoms with Crippen molar-refractivity contribution in [2.45, 2.75) is 6.54 Å². The van der Waals surface area contributed by atoms with E-state index >= 15 is 0 Å². The molecule has 2 aromatic heterocycles. The Morgan fingerprint density at radius 2 is 2.10 bits per heavy atom. The Morgan fingerprint density at radius 1 is 1.24 bits per heavy atom. The second-order valence-electron chi connectivity index (χ2n) is 4.80. The fraction of sp³-hybridized carbons (Fsp3) is 0.200. The molecule has 3 rings (SSSR count). The maximum absolute atomic E-state index is 13.8. The molecule has 0 aliphatic rings. The van der Waals surface area contributed by atoms with E-state index in [2.05, 4.69) is 10.1 Å². The average molecular weight is 288 g/mol. The molecular formula is C15H14F2N4. The molecule has 0 aliphatic carbocycles. The fourth-order valence-electron chi connectivity index (χ4n) is 2.30. The topological polar surface area (TPSA) is 34.0 Å². The van der Waals surface area contributed by atoms with Crippen LogP contribution in [0.5, 0.6) is 0 Å². The maximum atomic E-state index is 13.8. The van der Waals surface area contributed by atoms with Crippen LogP contribution in [0.2, 0.25) is 0 Å². The van der Waals surface area contributed by atoms with E-state index in [0.717, 1.165) is 11.8 Å². The SMILES string of the molecule is CN(CCn1cccn1)c1ccnc2c(F)cc(F)cc12. The maximum Gasteiger partial charge on any atom is 0.152 e. The van der Waals surface area contributed by atoms with E-state index in [0.29, 0.717) is 18.5 Å². The first-order chi connectivity index (χ1) is 10.1. The quantitative estimate of drug-likeness (QED) is 0.740. The average Bonchev–Trinajstić information content (AvgIpc) is 2.97. The third-order valence-corrected chi connectivity index (χ3v) is 3.38. The van der Waals surface area contributed by atoms with Crippen LogP contribution in [0.4, 0.5) is 14.5 Å². The van der Waals surface area contributed by atoms with Crippen LogP contribution in [0.15, 0.2) is 42.9 Å². The van der Waals surface area contributed by atoms with Crippen LogP contribution >= 0.6 is 0 Å². The number of nitrogens with zero attached hydrogens (tertiary/aromatic N) is 4. The molecule has 6 heteroatoms. The van der Waals surface area contributed by atoms with Gasteiger partial charge < -0.3 is 4.90 Å². The summed E-state index contributed by atoms with van der Waals surface area (Å²) in [5.74, 6) is -1.25. The van der Waals surface area contributed by atoms with Gasteiger partial charge in [-0.05, 0) is 18.2 Å². The lowest BCUT2D eigenvalue weighted by Gasteiger charge is -2.21. The van der Waals surface area contributed by atoms with Crippen LogP contribution < -0.4 is 4.90 Å². The van der Waals surface area contributed by atoms with E-state index in [9.17, 15) is 8.78 Å². The first kappa shape index (κ1) is 13.5. The smallest absolute Gasteiger partial charge is 0.152 e. The molecule has 0 atom stereocenters. The van der Waals surface area contributed by atoms with Crippen LogP contribution in [0.25, 0.3) is 10.9 Å². The van der Waals surface area contributed by atoms with Gasteiger partial charge in [-0.25, -0.2) is 8.78 Å². The molecule has 0 unspecified atom stereocenters. The number of fused-ring (bicyclic) bond motifs is 1. The van der Waals surface area contributed by atoms with Gasteiger partial charge in [0.1, 0.15) is 11.3 Å². The Labute approximate surface area is 120 Å². The number of likely N-dealkylation sites (N-methyl/N-ethyl adjacent to an activating group) is 1. The third-order valence-electron chi connectivity index (χ3n) is 3.38. The molecule has 0 amide bonds. The lowest BCUT2D eigenvalue weighted by molar-refractivity contribution is 0.590. The Balaban J connectivity index is 1.92. The number of halogens is 2. The minimum absolute atomic E-state index is 0.180. The first-order valence-corrected chi connectivity index (χ1v) is 6.57. The Hall–Kier alpha value is -2.50. The van der Waals surface area contributed by atoms with Gasteiger partial charge in [0, 0.05) is 49.3 Å². The molecule has 2 heterocycles. The molecule has 4 nitrogen and oxygen atoms in total. The Bertz CT molecular complexity index is 756. The standard InChI is InChI=1S/C15H14F2N4/c1-20(7-8-21-6-2-4-19-21)14-3-5-18-15-12(14)9-11(16)10-13(15)17/h2-6,9-10H,7-8H2,1H3. The summed E-state index contributed by atoms with van der Waals surface area (Å²) < 4.78 is 29.0. The van der Waals surface area contributed by atoms with Crippen molar-refractivity contribution in [1.82, 2.24) is 14.8 Å². The zero-order valence-electron chi connectivity index (χ0n) is 11.5. The van der Waals surface area contributed by atoms with Crippen molar-refractivity contribution in [1.29, 1.82) is 0 Å². The highest BCUT2D eigenvalue weighted by molar-refractivity contribution is 5.91. The van der Waals surface area contributed by atoms with Crippen molar-refractivity contribution in [2.24, 2.45) is 0 Å². The van der Waals surface area contributed by atoms with Crippen LogP contribution in [0, 0.1) is 11.6 Å². The second kappa shape index (κ2) is 5.47. The first-order valence-electron chi connectivity index (χ1n) is 6.57. The predicted molar refractivity (Wildman–Crippen MR) is 77.2 cm³/mol. The van der Waals surface area contributed by atoms with Crippen molar-refractivity contribution in [3.8, 4) is 0 Å². The number of benzene rings is 1. The van der Waals surface area contributed by atoms with Gasteiger partial charge in [0.05, 0.1) is 6.54 Å². The lowest BCUT2D eigenvalue weighted by Crippen LogP contribution is -2.23. The van der Waals surface area contributed by atoms with Gasteiger partial charge in [-0.2, -0.15) is 5.10 Å². The zero-order valence-corrected chi connectivity index (χ0v) is 11.5. The molecule has 0 spiro atoms. The van der Waals surface area contributed by atoms with Gasteiger partial charge in [-0.1, -0.05) is 0 Å². The summed E-state index contributed by atoms with van der Waals surface area (Å²) in [5, 5.41) is 4.60. The fourth-order valence-corrected chi connectivity index (χ4v) is 2.30. The molecule has 108 valence electrons. The Kier molecular flexibility index (Phi) is 3.51. The number of hydrogen-bond donors (Lipinski definition) is 0. The number of hydrogen-bond acceptors (Lipinski definition) is 3. The van der Waals surface area contributed by atoms with Crippen LogP contribution in [0.3, 0.4) is 0 Å². The summed E-state index contributed by atoms with van der Waals surface area (Å²) in [4.78, 5) is 5.92. The number of pyridine rings is 1. The van der Waals surface area contributed by atoms with E-state index < -0.39 is 11.6 Å². The molecule has 1 aromatic carbocycles. The molecule has 0 saturated heterocycles. The molecule has 0 fully saturated rings. The van der Waals surface area contributed by atoms with Crippen LogP contribution in [-0.4, -0.2) is 28.4 Å². The molecule has 21 heavy (non-hydrogen) atoms. The van der Waals surface area contributed by atoms with Gasteiger partial charge in [0.15, 0.2) is 5.82 Å².